The molecule has 0 aliphatic rings. The summed E-state index contributed by atoms with van der Waals surface area (Å²) in [5.41, 5.74) is 0.127. The minimum atomic E-state index is -0.162. The second-order valence-corrected chi connectivity index (χ2v) is 6.47. The molecule has 0 unspecified atom stereocenters. The molecule has 0 amide bonds. The zero-order valence-corrected chi connectivity index (χ0v) is 13.5. The number of aromatic nitrogens is 1. The smallest absolute Gasteiger partial charge is 0.169 e. The highest BCUT2D eigenvalue weighted by Crippen LogP contribution is 2.26. The molecule has 110 valence electrons. The molecule has 1 rings (SSSR count). The molecule has 1 aromatic heterocycles. The van der Waals surface area contributed by atoms with Gasteiger partial charge in [0, 0.05) is 42.8 Å². The lowest BCUT2D eigenvalue weighted by molar-refractivity contribution is -0.133. The number of ether oxygens (including phenoxy) is 2. The number of hydrogen-bond donors (Lipinski definition) is 1. The van der Waals surface area contributed by atoms with Gasteiger partial charge in [0.15, 0.2) is 6.29 Å². The van der Waals surface area contributed by atoms with Gasteiger partial charge in [-0.05, 0) is 13.8 Å². The highest BCUT2D eigenvalue weighted by molar-refractivity contribution is 7.11. The number of thiazole rings is 1. The summed E-state index contributed by atoms with van der Waals surface area (Å²) >= 11 is 1.76. The van der Waals surface area contributed by atoms with Gasteiger partial charge in [-0.3, -0.25) is 0 Å². The van der Waals surface area contributed by atoms with Gasteiger partial charge in [0.25, 0.3) is 0 Å². The lowest BCUT2D eigenvalue weighted by Gasteiger charge is -2.17. The maximum atomic E-state index is 5.48. The first-order valence-corrected chi connectivity index (χ1v) is 7.68. The second-order valence-electron chi connectivity index (χ2n) is 5.35. The zero-order chi connectivity index (χ0) is 14.3. The van der Waals surface area contributed by atoms with Crippen molar-refractivity contribution >= 4 is 11.3 Å². The number of rotatable bonds is 8. The average molecular weight is 286 g/mol. The molecule has 0 aliphatic heterocycles. The van der Waals surface area contributed by atoms with Gasteiger partial charge in [-0.15, -0.1) is 11.3 Å². The van der Waals surface area contributed by atoms with Gasteiger partial charge in [0.05, 0.1) is 5.01 Å². The van der Waals surface area contributed by atoms with E-state index in [0.717, 1.165) is 6.54 Å². The molecule has 1 N–H and O–H groups in total. The number of nitrogens with zero attached hydrogens (tertiary/aromatic N) is 1. The molecule has 0 aromatic carbocycles. The Morgan fingerprint density at radius 2 is 1.89 bits per heavy atom. The molecule has 0 saturated carbocycles. The first-order chi connectivity index (χ1) is 8.97. The quantitative estimate of drug-likeness (QED) is 0.746. The van der Waals surface area contributed by atoms with E-state index in [4.69, 9.17) is 9.47 Å². The Balaban J connectivity index is 2.38. The molecule has 4 nitrogen and oxygen atoms in total. The normalized spacial score (nSPS) is 12.3. The molecule has 1 aromatic rings. The summed E-state index contributed by atoms with van der Waals surface area (Å²) in [6.07, 6.45) is 1.79. The molecule has 0 bridgehead atoms. The van der Waals surface area contributed by atoms with Crippen LogP contribution in [0, 0.1) is 0 Å². The summed E-state index contributed by atoms with van der Waals surface area (Å²) in [5.74, 6) is 0. The van der Waals surface area contributed by atoms with Crippen molar-refractivity contribution in [3.05, 3.63) is 16.1 Å². The van der Waals surface area contributed by atoms with E-state index in [1.165, 1.54) is 9.88 Å². The molecule has 19 heavy (non-hydrogen) atoms. The maximum Gasteiger partial charge on any atom is 0.169 e. The van der Waals surface area contributed by atoms with Gasteiger partial charge in [0.1, 0.15) is 0 Å². The second kappa shape index (κ2) is 7.94. The van der Waals surface area contributed by atoms with Crippen LogP contribution in [0.2, 0.25) is 0 Å². The number of hydrogen-bond acceptors (Lipinski definition) is 5. The van der Waals surface area contributed by atoms with Crippen LogP contribution in [0.15, 0.2) is 6.20 Å². The third-order valence-corrected chi connectivity index (χ3v) is 3.93. The van der Waals surface area contributed by atoms with Crippen molar-refractivity contribution in [2.45, 2.75) is 52.9 Å². The Bertz CT molecular complexity index is 355. The van der Waals surface area contributed by atoms with Crippen molar-refractivity contribution in [2.75, 3.05) is 19.8 Å². The van der Waals surface area contributed by atoms with Gasteiger partial charge in [-0.2, -0.15) is 0 Å². The molecule has 0 spiro atoms. The van der Waals surface area contributed by atoms with Gasteiger partial charge in [-0.1, -0.05) is 20.8 Å². The van der Waals surface area contributed by atoms with E-state index in [0.29, 0.717) is 19.8 Å². The molecular formula is C14H26N2O2S. The van der Waals surface area contributed by atoms with Crippen molar-refractivity contribution in [3.63, 3.8) is 0 Å². The Morgan fingerprint density at radius 1 is 1.26 bits per heavy atom. The van der Waals surface area contributed by atoms with Gasteiger partial charge in [0.2, 0.25) is 0 Å². The Morgan fingerprint density at radius 3 is 2.37 bits per heavy atom. The van der Waals surface area contributed by atoms with Gasteiger partial charge < -0.3 is 14.8 Å². The fourth-order valence-corrected chi connectivity index (χ4v) is 2.53. The number of nitrogens with one attached hydrogen (secondary N) is 1. The third kappa shape index (κ3) is 5.99. The van der Waals surface area contributed by atoms with Crippen LogP contribution in [0.3, 0.4) is 0 Å². The predicted molar refractivity (Wildman–Crippen MR) is 79.6 cm³/mol. The van der Waals surface area contributed by atoms with E-state index in [-0.39, 0.29) is 11.7 Å². The summed E-state index contributed by atoms with van der Waals surface area (Å²) < 4.78 is 11.0. The molecule has 0 radical (unpaired) electrons. The molecule has 0 saturated heterocycles. The molecular weight excluding hydrogens is 260 g/mol. The highest BCUT2D eigenvalue weighted by atomic mass is 32.1. The minimum Gasteiger partial charge on any atom is -0.352 e. The van der Waals surface area contributed by atoms with Crippen LogP contribution < -0.4 is 5.32 Å². The topological polar surface area (TPSA) is 43.4 Å². The molecule has 0 atom stereocenters. The lowest BCUT2D eigenvalue weighted by Crippen LogP contribution is -2.31. The predicted octanol–water partition coefficient (Wildman–Crippen LogP) is 2.93. The zero-order valence-electron chi connectivity index (χ0n) is 12.7. The molecule has 1 heterocycles. The molecule has 0 fully saturated rings. The molecule has 5 heteroatoms. The van der Waals surface area contributed by atoms with Gasteiger partial charge in [-0.25, -0.2) is 4.98 Å². The largest absolute Gasteiger partial charge is 0.352 e. The van der Waals surface area contributed by atoms with Crippen molar-refractivity contribution < 1.29 is 9.47 Å². The molecule has 0 aliphatic carbocycles. The Kier molecular flexibility index (Phi) is 6.93. The van der Waals surface area contributed by atoms with Crippen LogP contribution in [-0.2, 0) is 21.4 Å². The van der Waals surface area contributed by atoms with Crippen molar-refractivity contribution in [3.8, 4) is 0 Å². The van der Waals surface area contributed by atoms with E-state index in [2.05, 4.69) is 31.1 Å². The summed E-state index contributed by atoms with van der Waals surface area (Å²) in [5, 5.41) is 4.53. The first kappa shape index (κ1) is 16.6. The maximum absolute atomic E-state index is 5.48. The van der Waals surface area contributed by atoms with Crippen LogP contribution in [-0.4, -0.2) is 31.0 Å². The van der Waals surface area contributed by atoms with Crippen molar-refractivity contribution in [1.29, 1.82) is 0 Å². The third-order valence-electron chi connectivity index (χ3n) is 2.51. The summed E-state index contributed by atoms with van der Waals surface area (Å²) in [4.78, 5) is 5.72. The van der Waals surface area contributed by atoms with Crippen LogP contribution >= 0.6 is 11.3 Å². The van der Waals surface area contributed by atoms with Crippen LogP contribution in [0.25, 0.3) is 0 Å². The van der Waals surface area contributed by atoms with E-state index in [1.54, 1.807) is 11.3 Å². The monoisotopic (exact) mass is 286 g/mol. The van der Waals surface area contributed by atoms with Crippen LogP contribution in [0.1, 0.15) is 44.5 Å². The van der Waals surface area contributed by atoms with E-state index >= 15 is 0 Å². The van der Waals surface area contributed by atoms with Crippen LogP contribution in [0.4, 0.5) is 0 Å². The summed E-state index contributed by atoms with van der Waals surface area (Å²) in [6.45, 7) is 13.3. The Labute approximate surface area is 120 Å². The first-order valence-electron chi connectivity index (χ1n) is 6.86. The highest BCUT2D eigenvalue weighted by Gasteiger charge is 2.17. The van der Waals surface area contributed by atoms with Crippen molar-refractivity contribution in [2.24, 2.45) is 0 Å². The summed E-state index contributed by atoms with van der Waals surface area (Å²) in [7, 11) is 0. The van der Waals surface area contributed by atoms with E-state index in [9.17, 15) is 0 Å². The Hall–Kier alpha value is -0.490. The average Bonchev–Trinajstić information content (AvgIpc) is 2.78. The summed E-state index contributed by atoms with van der Waals surface area (Å²) in [6, 6.07) is 0. The van der Waals surface area contributed by atoms with E-state index < -0.39 is 0 Å². The fourth-order valence-electron chi connectivity index (χ4n) is 1.59. The van der Waals surface area contributed by atoms with Gasteiger partial charge >= 0.3 is 0 Å². The minimum absolute atomic E-state index is 0.127. The lowest BCUT2D eigenvalue weighted by atomic mass is 9.98. The fraction of sp³-hybridized carbons (Fsp3) is 0.786. The standard InChI is InChI=1S/C14H26N2O2S/c1-6-17-12(18-7-2)10-15-8-11-9-16-13(19-11)14(3,4)5/h9,12,15H,6-8,10H2,1-5H3. The van der Waals surface area contributed by atoms with E-state index in [1.807, 2.05) is 20.0 Å². The van der Waals surface area contributed by atoms with Crippen molar-refractivity contribution in [1.82, 2.24) is 10.3 Å². The SMILES string of the molecule is CCOC(CNCc1cnc(C(C)(C)C)s1)OCC. The van der Waals surface area contributed by atoms with Crippen LogP contribution in [0.5, 0.6) is 0 Å².